The molecule has 0 radical (unpaired) electrons. The monoisotopic (exact) mass is 379 g/mol. The summed E-state index contributed by atoms with van der Waals surface area (Å²) in [5, 5.41) is 5.61. The topological polar surface area (TPSA) is 21.3 Å². The molecule has 3 heterocycles. The quantitative estimate of drug-likeness (QED) is 0.693. The van der Waals surface area contributed by atoms with Gasteiger partial charge in [-0.3, -0.25) is 0 Å². The minimum atomic E-state index is 0.180. The Morgan fingerprint density at radius 1 is 1.29 bits per heavy atom. The van der Waals surface area contributed by atoms with E-state index >= 15 is 0 Å². The van der Waals surface area contributed by atoms with Crippen LogP contribution >= 0.6 is 38.6 Å². The number of ether oxygens (including phenoxy) is 1. The maximum absolute atomic E-state index is 5.89. The smallest absolute Gasteiger partial charge is 0.127 e. The van der Waals surface area contributed by atoms with Crippen LogP contribution < -0.4 is 10.1 Å². The fourth-order valence-electron chi connectivity index (χ4n) is 2.89. The first-order chi connectivity index (χ1) is 10.3. The molecule has 0 aliphatic carbocycles. The summed E-state index contributed by atoms with van der Waals surface area (Å²) in [5.41, 5.74) is 2.53. The van der Waals surface area contributed by atoms with Crippen molar-refractivity contribution in [3.63, 3.8) is 0 Å². The number of rotatable bonds is 3. The summed E-state index contributed by atoms with van der Waals surface area (Å²) >= 11 is 7.30. The summed E-state index contributed by atoms with van der Waals surface area (Å²) in [7, 11) is 2.01. The maximum Gasteiger partial charge on any atom is 0.127 e. The van der Waals surface area contributed by atoms with Crippen LogP contribution in [0.3, 0.4) is 0 Å². The Hall–Kier alpha value is -0.880. The number of nitrogens with one attached hydrogen (secondary N) is 1. The van der Waals surface area contributed by atoms with E-state index < -0.39 is 0 Å². The second kappa shape index (κ2) is 5.39. The summed E-state index contributed by atoms with van der Waals surface area (Å²) in [6.07, 6.45) is 0.998. The lowest BCUT2D eigenvalue weighted by Gasteiger charge is -2.18. The lowest BCUT2D eigenvalue weighted by Crippen LogP contribution is -2.17. The van der Waals surface area contributed by atoms with Gasteiger partial charge in [0.25, 0.3) is 0 Å². The summed E-state index contributed by atoms with van der Waals surface area (Å²) < 4.78 is 9.74. The minimum absolute atomic E-state index is 0.180. The highest BCUT2D eigenvalue weighted by Crippen LogP contribution is 2.42. The highest BCUT2D eigenvalue weighted by molar-refractivity contribution is 9.10. The zero-order chi connectivity index (χ0) is 14.4. The molecule has 2 nitrogen and oxygen atoms in total. The van der Waals surface area contributed by atoms with Gasteiger partial charge in [-0.2, -0.15) is 0 Å². The number of thiophene rings is 2. The van der Waals surface area contributed by atoms with Crippen molar-refractivity contribution in [3.8, 4) is 5.75 Å². The van der Waals surface area contributed by atoms with Gasteiger partial charge in [-0.15, -0.1) is 22.7 Å². The number of benzene rings is 1. The Labute approximate surface area is 139 Å². The van der Waals surface area contributed by atoms with E-state index in [2.05, 4.69) is 50.9 Å². The van der Waals surface area contributed by atoms with Gasteiger partial charge in [-0.25, -0.2) is 0 Å². The van der Waals surface area contributed by atoms with Crippen LogP contribution in [0.25, 0.3) is 9.40 Å². The third-order valence-electron chi connectivity index (χ3n) is 3.82. The first-order valence-electron chi connectivity index (χ1n) is 6.85. The maximum atomic E-state index is 5.89. The number of hydrogen-bond donors (Lipinski definition) is 1. The fraction of sp³-hybridized carbons (Fsp3) is 0.250. The van der Waals surface area contributed by atoms with Gasteiger partial charge in [0.15, 0.2) is 0 Å². The SMILES string of the molecule is CNC(c1cc2sccc2s1)c1cc(Br)cc2c1OCC2. The van der Waals surface area contributed by atoms with Crippen LogP contribution in [0.5, 0.6) is 5.75 Å². The largest absolute Gasteiger partial charge is 0.493 e. The van der Waals surface area contributed by atoms with Crippen molar-refractivity contribution in [2.45, 2.75) is 12.5 Å². The standard InChI is InChI=1S/C16H14BrNOS2/c1-18-15(14-8-13-12(21-14)3-5-20-13)11-7-10(17)6-9-2-4-19-16(9)11/h3,5-8,15,18H,2,4H2,1H3. The van der Waals surface area contributed by atoms with Gasteiger partial charge in [0.1, 0.15) is 5.75 Å². The van der Waals surface area contributed by atoms with E-state index in [4.69, 9.17) is 4.74 Å². The van der Waals surface area contributed by atoms with Crippen molar-refractivity contribution < 1.29 is 4.74 Å². The molecule has 1 aliphatic rings. The van der Waals surface area contributed by atoms with Crippen LogP contribution in [0.15, 0.2) is 34.1 Å². The zero-order valence-electron chi connectivity index (χ0n) is 11.5. The van der Waals surface area contributed by atoms with Crippen LogP contribution in [-0.4, -0.2) is 13.7 Å². The first-order valence-corrected chi connectivity index (χ1v) is 9.34. The van der Waals surface area contributed by atoms with E-state index in [1.54, 1.807) is 11.3 Å². The number of hydrogen-bond acceptors (Lipinski definition) is 4. The van der Waals surface area contributed by atoms with E-state index in [1.165, 1.54) is 25.4 Å². The molecule has 1 N–H and O–H groups in total. The Morgan fingerprint density at radius 3 is 3.00 bits per heavy atom. The fourth-order valence-corrected chi connectivity index (χ4v) is 5.66. The summed E-state index contributed by atoms with van der Waals surface area (Å²) in [5.74, 6) is 1.06. The molecule has 5 heteroatoms. The molecule has 0 amide bonds. The Bertz CT molecular complexity index is 779. The highest BCUT2D eigenvalue weighted by atomic mass is 79.9. The Morgan fingerprint density at radius 2 is 2.19 bits per heavy atom. The van der Waals surface area contributed by atoms with E-state index in [0.717, 1.165) is 23.2 Å². The van der Waals surface area contributed by atoms with Crippen LogP contribution in [0.4, 0.5) is 0 Å². The van der Waals surface area contributed by atoms with Crippen LogP contribution in [-0.2, 0) is 6.42 Å². The molecule has 0 saturated heterocycles. The molecule has 21 heavy (non-hydrogen) atoms. The van der Waals surface area contributed by atoms with Crippen LogP contribution in [0, 0.1) is 0 Å². The van der Waals surface area contributed by atoms with Crippen molar-refractivity contribution in [1.82, 2.24) is 5.32 Å². The lowest BCUT2D eigenvalue weighted by molar-refractivity contribution is 0.351. The predicted molar refractivity (Wildman–Crippen MR) is 93.9 cm³/mol. The van der Waals surface area contributed by atoms with Gasteiger partial charge in [0, 0.05) is 30.7 Å². The van der Waals surface area contributed by atoms with Crippen molar-refractivity contribution in [1.29, 1.82) is 0 Å². The molecule has 4 rings (SSSR count). The van der Waals surface area contributed by atoms with Crippen molar-refractivity contribution in [3.05, 3.63) is 50.1 Å². The minimum Gasteiger partial charge on any atom is -0.493 e. The van der Waals surface area contributed by atoms with E-state index in [0.29, 0.717) is 0 Å². The third-order valence-corrected chi connectivity index (χ3v) is 6.44. The van der Waals surface area contributed by atoms with E-state index in [9.17, 15) is 0 Å². The molecule has 3 aromatic rings. The van der Waals surface area contributed by atoms with Crippen LogP contribution in [0.2, 0.25) is 0 Å². The molecule has 0 bridgehead atoms. The average Bonchev–Trinajstić information content (AvgIpc) is 3.13. The molecule has 1 unspecified atom stereocenters. The Kier molecular flexibility index (Phi) is 3.53. The highest BCUT2D eigenvalue weighted by Gasteiger charge is 2.25. The van der Waals surface area contributed by atoms with Gasteiger partial charge in [-0.1, -0.05) is 15.9 Å². The van der Waals surface area contributed by atoms with Crippen molar-refractivity contribution >= 4 is 48.0 Å². The molecule has 1 atom stereocenters. The number of fused-ring (bicyclic) bond motifs is 2. The molecule has 0 fully saturated rings. The van der Waals surface area contributed by atoms with Gasteiger partial charge < -0.3 is 10.1 Å². The van der Waals surface area contributed by atoms with E-state index in [1.807, 2.05) is 18.4 Å². The van der Waals surface area contributed by atoms with Gasteiger partial charge in [0.05, 0.1) is 12.6 Å². The summed E-state index contributed by atoms with van der Waals surface area (Å²) in [6, 6.07) is 9.03. The van der Waals surface area contributed by atoms with E-state index in [-0.39, 0.29) is 6.04 Å². The predicted octanol–water partition coefficient (Wildman–Crippen LogP) is 4.97. The average molecular weight is 380 g/mol. The summed E-state index contributed by atoms with van der Waals surface area (Å²) in [4.78, 5) is 1.34. The molecule has 2 aromatic heterocycles. The molecule has 108 valence electrons. The Balaban J connectivity index is 1.85. The van der Waals surface area contributed by atoms with Gasteiger partial charge >= 0.3 is 0 Å². The lowest BCUT2D eigenvalue weighted by atomic mass is 10.0. The molecule has 0 saturated carbocycles. The van der Waals surface area contributed by atoms with Crippen molar-refractivity contribution in [2.24, 2.45) is 0 Å². The number of halogens is 1. The first kappa shape index (κ1) is 13.8. The molecular weight excluding hydrogens is 366 g/mol. The normalized spacial score (nSPS) is 15.1. The van der Waals surface area contributed by atoms with Gasteiger partial charge in [0.2, 0.25) is 0 Å². The summed E-state index contributed by atoms with van der Waals surface area (Å²) in [6.45, 7) is 0.786. The molecule has 1 aromatic carbocycles. The molecule has 0 spiro atoms. The van der Waals surface area contributed by atoms with Crippen LogP contribution in [0.1, 0.15) is 22.0 Å². The van der Waals surface area contributed by atoms with Crippen molar-refractivity contribution in [2.75, 3.05) is 13.7 Å². The molecule has 1 aliphatic heterocycles. The zero-order valence-corrected chi connectivity index (χ0v) is 14.7. The second-order valence-electron chi connectivity index (χ2n) is 5.10. The second-order valence-corrected chi connectivity index (χ2v) is 8.08. The third kappa shape index (κ3) is 2.32. The molecular formula is C16H14BrNOS2. The van der Waals surface area contributed by atoms with Gasteiger partial charge in [-0.05, 0) is 42.3 Å².